The maximum atomic E-state index is 11.6. The van der Waals surface area contributed by atoms with Crippen molar-refractivity contribution in [2.45, 2.75) is 12.7 Å². The summed E-state index contributed by atoms with van der Waals surface area (Å²) in [6.07, 6.45) is -0.238. The predicted molar refractivity (Wildman–Crippen MR) is 85.7 cm³/mol. The molecule has 0 saturated carbocycles. The van der Waals surface area contributed by atoms with Gasteiger partial charge in [0.05, 0.1) is 18.3 Å². The van der Waals surface area contributed by atoms with E-state index in [9.17, 15) is 9.90 Å². The highest BCUT2D eigenvalue weighted by atomic mass is 16.5. The second kappa shape index (κ2) is 7.26. The average Bonchev–Trinajstić information content (AvgIpc) is 2.61. The fourth-order valence-corrected chi connectivity index (χ4v) is 2.60. The van der Waals surface area contributed by atoms with Gasteiger partial charge >= 0.3 is 5.97 Å². The molecular weight excluding hydrogens is 294 g/mol. The van der Waals surface area contributed by atoms with Gasteiger partial charge in [-0.2, -0.15) is 0 Å². The van der Waals surface area contributed by atoms with Crippen molar-refractivity contribution in [1.82, 2.24) is 5.32 Å². The van der Waals surface area contributed by atoms with Crippen molar-refractivity contribution in [2.24, 2.45) is 0 Å². The summed E-state index contributed by atoms with van der Waals surface area (Å²) >= 11 is 0. The van der Waals surface area contributed by atoms with Gasteiger partial charge in [-0.25, -0.2) is 4.79 Å². The predicted octanol–water partition coefficient (Wildman–Crippen LogP) is 2.62. The van der Waals surface area contributed by atoms with E-state index in [0.29, 0.717) is 31.1 Å². The summed E-state index contributed by atoms with van der Waals surface area (Å²) in [5.74, 6) is -0.432. The maximum Gasteiger partial charge on any atom is 0.336 e. The van der Waals surface area contributed by atoms with Crippen LogP contribution < -0.4 is 10.1 Å². The third kappa shape index (κ3) is 3.88. The second-order valence-corrected chi connectivity index (χ2v) is 5.39. The van der Waals surface area contributed by atoms with Gasteiger partial charge in [-0.1, -0.05) is 36.4 Å². The SMILES string of the molecule is O=C(O)c1cc(OCc2ccccc2)ccc1C1CNCCO1. The molecule has 120 valence electrons. The molecule has 1 saturated heterocycles. The Morgan fingerprint density at radius 3 is 2.78 bits per heavy atom. The van der Waals surface area contributed by atoms with Crippen molar-refractivity contribution in [2.75, 3.05) is 19.7 Å². The van der Waals surface area contributed by atoms with E-state index >= 15 is 0 Å². The summed E-state index contributed by atoms with van der Waals surface area (Å²) in [5, 5.41) is 12.7. The van der Waals surface area contributed by atoms with Crippen molar-refractivity contribution >= 4 is 5.97 Å². The molecule has 3 rings (SSSR count). The molecule has 2 aromatic rings. The number of carboxylic acid groups (broad SMARTS) is 1. The standard InChI is InChI=1S/C18H19NO4/c20-18(21)16-10-14(23-12-13-4-2-1-3-5-13)6-7-15(16)17-11-19-8-9-22-17/h1-7,10,17,19H,8-9,11-12H2,(H,20,21). The molecule has 1 aliphatic heterocycles. The molecule has 2 N–H and O–H groups in total. The highest BCUT2D eigenvalue weighted by Gasteiger charge is 2.22. The second-order valence-electron chi connectivity index (χ2n) is 5.39. The largest absolute Gasteiger partial charge is 0.489 e. The van der Waals surface area contributed by atoms with Crippen molar-refractivity contribution in [3.63, 3.8) is 0 Å². The van der Waals surface area contributed by atoms with Crippen LogP contribution >= 0.6 is 0 Å². The van der Waals surface area contributed by atoms with Crippen molar-refractivity contribution in [1.29, 1.82) is 0 Å². The number of aromatic carboxylic acids is 1. The molecule has 0 radical (unpaired) electrons. The van der Waals surface area contributed by atoms with Crippen molar-refractivity contribution < 1.29 is 19.4 Å². The van der Waals surface area contributed by atoms with Gasteiger partial charge in [-0.15, -0.1) is 0 Å². The molecular formula is C18H19NO4. The summed E-state index contributed by atoms with van der Waals surface area (Å²) < 4.78 is 11.4. The molecule has 1 aliphatic rings. The molecule has 0 amide bonds. The molecule has 1 fully saturated rings. The first-order valence-corrected chi connectivity index (χ1v) is 7.60. The van der Waals surface area contributed by atoms with Crippen LogP contribution in [0.25, 0.3) is 0 Å². The maximum absolute atomic E-state index is 11.6. The first kappa shape index (κ1) is 15.5. The first-order valence-electron chi connectivity index (χ1n) is 7.60. The fourth-order valence-electron chi connectivity index (χ4n) is 2.60. The summed E-state index contributed by atoms with van der Waals surface area (Å²) in [7, 11) is 0. The van der Waals surface area contributed by atoms with Crippen LogP contribution in [0.3, 0.4) is 0 Å². The molecule has 1 unspecified atom stereocenters. The minimum absolute atomic E-state index is 0.226. The highest BCUT2D eigenvalue weighted by Crippen LogP contribution is 2.27. The van der Waals surface area contributed by atoms with E-state index in [0.717, 1.165) is 12.1 Å². The lowest BCUT2D eigenvalue weighted by molar-refractivity contribution is 0.0263. The lowest BCUT2D eigenvalue weighted by atomic mass is 10.0. The number of hydrogen-bond donors (Lipinski definition) is 2. The molecule has 1 heterocycles. The van der Waals surface area contributed by atoms with E-state index in [1.165, 1.54) is 0 Å². The molecule has 23 heavy (non-hydrogen) atoms. The normalized spacial score (nSPS) is 17.7. The van der Waals surface area contributed by atoms with E-state index in [2.05, 4.69) is 5.32 Å². The number of benzene rings is 2. The minimum atomic E-state index is -0.973. The number of hydrogen-bond acceptors (Lipinski definition) is 4. The van der Waals surface area contributed by atoms with Gasteiger partial charge in [-0.3, -0.25) is 0 Å². The van der Waals surface area contributed by atoms with Crippen LogP contribution in [0.5, 0.6) is 5.75 Å². The molecule has 0 aliphatic carbocycles. The molecule has 0 aromatic heterocycles. The number of morpholine rings is 1. The Hall–Kier alpha value is -2.37. The van der Waals surface area contributed by atoms with Crippen LogP contribution in [-0.4, -0.2) is 30.8 Å². The lowest BCUT2D eigenvalue weighted by Crippen LogP contribution is -2.34. The molecule has 1 atom stereocenters. The number of rotatable bonds is 5. The summed E-state index contributed by atoms with van der Waals surface area (Å²) in [5.41, 5.74) is 1.94. The Kier molecular flexibility index (Phi) is 4.90. The van der Waals surface area contributed by atoms with Crippen LogP contribution in [0.2, 0.25) is 0 Å². The Balaban J connectivity index is 1.77. The molecule has 0 spiro atoms. The average molecular weight is 313 g/mol. The van der Waals surface area contributed by atoms with E-state index < -0.39 is 5.97 Å². The quantitative estimate of drug-likeness (QED) is 0.888. The lowest BCUT2D eigenvalue weighted by Gasteiger charge is -2.25. The summed E-state index contributed by atoms with van der Waals surface area (Å²) in [4.78, 5) is 11.6. The van der Waals surface area contributed by atoms with Crippen LogP contribution in [0.4, 0.5) is 0 Å². The smallest absolute Gasteiger partial charge is 0.336 e. The van der Waals surface area contributed by atoms with Gasteiger partial charge in [-0.05, 0) is 23.3 Å². The van der Waals surface area contributed by atoms with Gasteiger partial charge in [0.25, 0.3) is 0 Å². The van der Waals surface area contributed by atoms with Gasteiger partial charge in [0.1, 0.15) is 12.4 Å². The Morgan fingerprint density at radius 1 is 1.26 bits per heavy atom. The van der Waals surface area contributed by atoms with Crippen LogP contribution in [0, 0.1) is 0 Å². The van der Waals surface area contributed by atoms with E-state index in [4.69, 9.17) is 9.47 Å². The van der Waals surface area contributed by atoms with E-state index in [1.807, 2.05) is 30.3 Å². The highest BCUT2D eigenvalue weighted by molar-refractivity contribution is 5.90. The zero-order valence-electron chi connectivity index (χ0n) is 12.7. The zero-order chi connectivity index (χ0) is 16.1. The molecule has 0 bridgehead atoms. The van der Waals surface area contributed by atoms with E-state index in [-0.39, 0.29) is 11.7 Å². The topological polar surface area (TPSA) is 67.8 Å². The van der Waals surface area contributed by atoms with Crippen LogP contribution in [0.1, 0.15) is 27.6 Å². The Morgan fingerprint density at radius 2 is 2.09 bits per heavy atom. The molecule has 2 aromatic carbocycles. The third-order valence-electron chi connectivity index (χ3n) is 3.78. The van der Waals surface area contributed by atoms with Gasteiger partial charge in [0.15, 0.2) is 0 Å². The van der Waals surface area contributed by atoms with Crippen molar-refractivity contribution in [3.05, 3.63) is 65.2 Å². The number of carboxylic acids is 1. The Bertz CT molecular complexity index is 666. The number of ether oxygens (including phenoxy) is 2. The van der Waals surface area contributed by atoms with Crippen molar-refractivity contribution in [3.8, 4) is 5.75 Å². The van der Waals surface area contributed by atoms with Gasteiger partial charge < -0.3 is 19.9 Å². The number of nitrogens with one attached hydrogen (secondary N) is 1. The van der Waals surface area contributed by atoms with Gasteiger partial charge in [0.2, 0.25) is 0 Å². The third-order valence-corrected chi connectivity index (χ3v) is 3.78. The minimum Gasteiger partial charge on any atom is -0.489 e. The first-order chi connectivity index (χ1) is 11.2. The monoisotopic (exact) mass is 313 g/mol. The molecule has 5 heteroatoms. The van der Waals surface area contributed by atoms with Crippen LogP contribution in [-0.2, 0) is 11.3 Å². The van der Waals surface area contributed by atoms with Gasteiger partial charge in [0, 0.05) is 13.1 Å². The van der Waals surface area contributed by atoms with Crippen LogP contribution in [0.15, 0.2) is 48.5 Å². The summed E-state index contributed by atoms with van der Waals surface area (Å²) in [6, 6.07) is 14.9. The fraction of sp³-hybridized carbons (Fsp3) is 0.278. The Labute approximate surface area is 134 Å². The molecule has 5 nitrogen and oxygen atoms in total. The zero-order valence-corrected chi connectivity index (χ0v) is 12.7. The number of carbonyl (C=O) groups is 1. The van der Waals surface area contributed by atoms with E-state index in [1.54, 1.807) is 18.2 Å². The summed E-state index contributed by atoms with van der Waals surface area (Å²) in [6.45, 7) is 2.39.